The van der Waals surface area contributed by atoms with Gasteiger partial charge in [-0.15, -0.1) is 0 Å². The van der Waals surface area contributed by atoms with Gasteiger partial charge in [-0.3, -0.25) is 9.78 Å². The first-order valence-electron chi connectivity index (χ1n) is 6.52. The van der Waals surface area contributed by atoms with Crippen molar-refractivity contribution < 1.29 is 4.42 Å². The molecule has 6 nitrogen and oxygen atoms in total. The van der Waals surface area contributed by atoms with E-state index >= 15 is 0 Å². The van der Waals surface area contributed by atoms with Crippen molar-refractivity contribution in [1.82, 2.24) is 9.55 Å². The molecule has 0 saturated carbocycles. The van der Waals surface area contributed by atoms with Crippen molar-refractivity contribution in [1.29, 1.82) is 0 Å². The van der Waals surface area contributed by atoms with E-state index in [0.717, 1.165) is 4.57 Å². The van der Waals surface area contributed by atoms with Gasteiger partial charge in [0.15, 0.2) is 0 Å². The van der Waals surface area contributed by atoms with E-state index in [2.05, 4.69) is 10.3 Å². The lowest BCUT2D eigenvalue weighted by Crippen LogP contribution is -2.33. The van der Waals surface area contributed by atoms with Crippen molar-refractivity contribution in [3.05, 3.63) is 80.3 Å². The highest BCUT2D eigenvalue weighted by atomic mass is 35.5. The van der Waals surface area contributed by atoms with Gasteiger partial charge >= 0.3 is 5.69 Å². The monoisotopic (exact) mass is 317 g/mol. The van der Waals surface area contributed by atoms with Crippen LogP contribution in [0.25, 0.3) is 5.69 Å². The van der Waals surface area contributed by atoms with Crippen LogP contribution < -0.4 is 16.6 Å². The first-order chi connectivity index (χ1) is 10.6. The molecule has 2 aromatic heterocycles. The van der Waals surface area contributed by atoms with Crippen LogP contribution in [0.1, 0.15) is 5.76 Å². The molecule has 0 amide bonds. The quantitative estimate of drug-likeness (QED) is 0.774. The minimum Gasteiger partial charge on any atom is -0.467 e. The number of hydrogen-bond acceptors (Lipinski definition) is 4. The predicted molar refractivity (Wildman–Crippen MR) is 83.7 cm³/mol. The molecule has 0 fully saturated rings. The van der Waals surface area contributed by atoms with Crippen molar-refractivity contribution in [2.45, 2.75) is 6.54 Å². The Morgan fingerprint density at radius 3 is 2.59 bits per heavy atom. The average Bonchev–Trinajstić information content (AvgIpc) is 3.00. The van der Waals surface area contributed by atoms with Crippen LogP contribution in [-0.2, 0) is 6.54 Å². The highest BCUT2D eigenvalue weighted by Gasteiger charge is 2.07. The number of furan rings is 1. The van der Waals surface area contributed by atoms with Crippen LogP contribution in [0.5, 0.6) is 0 Å². The van der Waals surface area contributed by atoms with Gasteiger partial charge in [-0.1, -0.05) is 11.6 Å². The number of halogens is 1. The molecule has 0 spiro atoms. The molecule has 0 radical (unpaired) electrons. The molecule has 7 heteroatoms. The van der Waals surface area contributed by atoms with Gasteiger partial charge in [0.25, 0.3) is 5.56 Å². The molecule has 0 aliphatic rings. The second kappa shape index (κ2) is 5.95. The van der Waals surface area contributed by atoms with E-state index in [-0.39, 0.29) is 0 Å². The number of nitrogens with zero attached hydrogens (tertiary/aromatic N) is 1. The van der Waals surface area contributed by atoms with Crippen molar-refractivity contribution >= 4 is 17.4 Å². The SMILES string of the molecule is O=c1cc(NCc2ccco2)[nH]c(=O)n1-c1ccc(Cl)cc1. The van der Waals surface area contributed by atoms with Crippen LogP contribution in [0.15, 0.2) is 62.7 Å². The number of rotatable bonds is 4. The Labute approximate surface area is 130 Å². The summed E-state index contributed by atoms with van der Waals surface area (Å²) in [5.41, 5.74) is -0.516. The summed E-state index contributed by atoms with van der Waals surface area (Å²) in [6, 6.07) is 11.3. The van der Waals surface area contributed by atoms with Gasteiger partial charge in [-0.25, -0.2) is 9.36 Å². The molecule has 22 heavy (non-hydrogen) atoms. The largest absolute Gasteiger partial charge is 0.467 e. The van der Waals surface area contributed by atoms with Crippen LogP contribution in [0.2, 0.25) is 5.02 Å². The lowest BCUT2D eigenvalue weighted by atomic mass is 10.3. The summed E-state index contributed by atoms with van der Waals surface area (Å²) in [6.45, 7) is 0.368. The molecule has 0 aliphatic carbocycles. The fraction of sp³-hybridized carbons (Fsp3) is 0.0667. The molecule has 2 heterocycles. The predicted octanol–water partition coefficient (Wildman–Crippen LogP) is 2.38. The Morgan fingerprint density at radius 2 is 1.95 bits per heavy atom. The molecule has 0 atom stereocenters. The van der Waals surface area contributed by atoms with Crippen molar-refractivity contribution in [3.8, 4) is 5.69 Å². The lowest BCUT2D eigenvalue weighted by Gasteiger charge is -2.07. The first kappa shape index (κ1) is 14.2. The van der Waals surface area contributed by atoms with Crippen LogP contribution in [0.3, 0.4) is 0 Å². The highest BCUT2D eigenvalue weighted by Crippen LogP contribution is 2.11. The molecular formula is C15H12ClN3O3. The van der Waals surface area contributed by atoms with E-state index < -0.39 is 11.2 Å². The van der Waals surface area contributed by atoms with Gasteiger partial charge in [0.2, 0.25) is 0 Å². The number of aromatic nitrogens is 2. The Bertz CT molecular complexity index is 848. The third-order valence-corrected chi connectivity index (χ3v) is 3.30. The number of hydrogen-bond donors (Lipinski definition) is 2. The standard InChI is InChI=1S/C15H12ClN3O3/c16-10-3-5-11(6-4-10)19-14(20)8-13(18-15(19)21)17-9-12-2-1-7-22-12/h1-8,17H,9H2,(H,18,21). The third-order valence-electron chi connectivity index (χ3n) is 3.05. The second-order valence-electron chi connectivity index (χ2n) is 4.57. The van der Waals surface area contributed by atoms with E-state index in [1.807, 2.05) is 0 Å². The molecule has 0 aliphatic heterocycles. The Kier molecular flexibility index (Phi) is 3.84. The molecule has 0 saturated heterocycles. The summed E-state index contributed by atoms with van der Waals surface area (Å²) in [6.07, 6.45) is 1.55. The Hall–Kier alpha value is -2.73. The zero-order valence-corrected chi connectivity index (χ0v) is 12.1. The minimum atomic E-state index is -0.531. The molecule has 3 rings (SSSR count). The maximum absolute atomic E-state index is 12.2. The van der Waals surface area contributed by atoms with Crippen LogP contribution in [-0.4, -0.2) is 9.55 Å². The number of H-pyrrole nitrogens is 1. The lowest BCUT2D eigenvalue weighted by molar-refractivity contribution is 0.517. The van der Waals surface area contributed by atoms with Crippen LogP contribution in [0.4, 0.5) is 5.82 Å². The highest BCUT2D eigenvalue weighted by molar-refractivity contribution is 6.30. The fourth-order valence-electron chi connectivity index (χ4n) is 2.02. The van der Waals surface area contributed by atoms with Gasteiger partial charge in [-0.05, 0) is 36.4 Å². The maximum atomic E-state index is 12.2. The van der Waals surface area contributed by atoms with Gasteiger partial charge in [0.1, 0.15) is 11.6 Å². The second-order valence-corrected chi connectivity index (χ2v) is 5.01. The summed E-state index contributed by atoms with van der Waals surface area (Å²) < 4.78 is 6.21. The molecule has 2 N–H and O–H groups in total. The van der Waals surface area contributed by atoms with Gasteiger partial charge in [0, 0.05) is 11.1 Å². The zero-order chi connectivity index (χ0) is 15.5. The van der Waals surface area contributed by atoms with Crippen LogP contribution >= 0.6 is 11.6 Å². The van der Waals surface area contributed by atoms with Crippen molar-refractivity contribution in [3.63, 3.8) is 0 Å². The summed E-state index contributed by atoms with van der Waals surface area (Å²) in [7, 11) is 0. The zero-order valence-electron chi connectivity index (χ0n) is 11.4. The topological polar surface area (TPSA) is 80.0 Å². The maximum Gasteiger partial charge on any atom is 0.334 e. The van der Waals surface area contributed by atoms with E-state index in [0.29, 0.717) is 28.8 Å². The number of anilines is 1. The molecule has 0 bridgehead atoms. The number of aromatic amines is 1. The Morgan fingerprint density at radius 1 is 1.18 bits per heavy atom. The first-order valence-corrected chi connectivity index (χ1v) is 6.90. The summed E-state index contributed by atoms with van der Waals surface area (Å²) in [5, 5.41) is 3.47. The van der Waals surface area contributed by atoms with E-state index in [1.54, 1.807) is 42.7 Å². The summed E-state index contributed by atoms with van der Waals surface area (Å²) in [5.74, 6) is 1.03. The smallest absolute Gasteiger partial charge is 0.334 e. The molecule has 0 unspecified atom stereocenters. The van der Waals surface area contributed by atoms with Crippen molar-refractivity contribution in [2.24, 2.45) is 0 Å². The normalized spacial score (nSPS) is 10.6. The Balaban J connectivity index is 1.90. The molecule has 3 aromatic rings. The van der Waals surface area contributed by atoms with Crippen molar-refractivity contribution in [2.75, 3.05) is 5.32 Å². The fourth-order valence-corrected chi connectivity index (χ4v) is 2.15. The number of nitrogens with one attached hydrogen (secondary N) is 2. The van der Waals surface area contributed by atoms with E-state index in [4.69, 9.17) is 16.0 Å². The molecular weight excluding hydrogens is 306 g/mol. The van der Waals surface area contributed by atoms with Gasteiger partial charge in [0.05, 0.1) is 18.5 Å². The van der Waals surface area contributed by atoms with E-state index in [1.165, 1.54) is 6.07 Å². The third kappa shape index (κ3) is 2.96. The molecule has 112 valence electrons. The minimum absolute atomic E-state index is 0.330. The summed E-state index contributed by atoms with van der Waals surface area (Å²) in [4.78, 5) is 26.9. The average molecular weight is 318 g/mol. The van der Waals surface area contributed by atoms with E-state index in [9.17, 15) is 9.59 Å². The summed E-state index contributed by atoms with van der Waals surface area (Å²) >= 11 is 5.80. The number of benzene rings is 1. The molecule has 1 aromatic carbocycles. The van der Waals surface area contributed by atoms with Gasteiger partial charge < -0.3 is 9.73 Å². The van der Waals surface area contributed by atoms with Crippen LogP contribution in [0, 0.1) is 0 Å². The van der Waals surface area contributed by atoms with Gasteiger partial charge in [-0.2, -0.15) is 0 Å².